The topological polar surface area (TPSA) is 58.6 Å². The number of amides is 2. The highest BCUT2D eigenvalue weighted by molar-refractivity contribution is 6.04. The molecule has 2 aromatic rings. The second-order valence-corrected chi connectivity index (χ2v) is 7.06. The van der Waals surface area contributed by atoms with Crippen LogP contribution in [0.5, 0.6) is 5.75 Å². The van der Waals surface area contributed by atoms with Crippen LogP contribution in [-0.4, -0.2) is 29.4 Å². The maximum absolute atomic E-state index is 12.6. The predicted octanol–water partition coefficient (Wildman–Crippen LogP) is 3.46. The standard InChI is InChI=1S/C21H22N2O3/c1-14-21(25)23(12-15-7-8-15)13-17-11-18(9-10-19(17)26-14)22-20(24)16-5-3-2-4-6-16/h2-6,9-11,14-15H,7-8,12-13H2,1H3,(H,22,24)/t14-/m0/s1. The van der Waals surface area contributed by atoms with E-state index in [0.29, 0.717) is 29.5 Å². The van der Waals surface area contributed by atoms with Crippen LogP contribution >= 0.6 is 0 Å². The fraction of sp³-hybridized carbons (Fsp3) is 0.333. The van der Waals surface area contributed by atoms with Crippen molar-refractivity contribution in [3.8, 4) is 5.75 Å². The molecule has 0 aromatic heterocycles. The summed E-state index contributed by atoms with van der Waals surface area (Å²) >= 11 is 0. The zero-order valence-corrected chi connectivity index (χ0v) is 14.8. The van der Waals surface area contributed by atoms with Gasteiger partial charge >= 0.3 is 0 Å². The largest absolute Gasteiger partial charge is 0.481 e. The normalized spacial score (nSPS) is 19.3. The zero-order chi connectivity index (χ0) is 18.1. The predicted molar refractivity (Wildman–Crippen MR) is 99.1 cm³/mol. The van der Waals surface area contributed by atoms with E-state index in [4.69, 9.17) is 4.74 Å². The molecule has 1 fully saturated rings. The van der Waals surface area contributed by atoms with E-state index >= 15 is 0 Å². The number of anilines is 1. The highest BCUT2D eigenvalue weighted by Crippen LogP contribution is 2.33. The summed E-state index contributed by atoms with van der Waals surface area (Å²) in [6.45, 7) is 3.10. The van der Waals surface area contributed by atoms with Crippen molar-refractivity contribution in [3.05, 3.63) is 59.7 Å². The number of carbonyl (C=O) groups is 2. The van der Waals surface area contributed by atoms with Gasteiger partial charge in [0.2, 0.25) is 0 Å². The van der Waals surface area contributed by atoms with Crippen LogP contribution in [-0.2, 0) is 11.3 Å². The Labute approximate surface area is 153 Å². The maximum atomic E-state index is 12.6. The van der Waals surface area contributed by atoms with Gasteiger partial charge in [0.05, 0.1) is 0 Å². The number of fused-ring (bicyclic) bond motifs is 1. The van der Waals surface area contributed by atoms with Gasteiger partial charge in [-0.25, -0.2) is 0 Å². The third-order valence-electron chi connectivity index (χ3n) is 4.85. The van der Waals surface area contributed by atoms with E-state index in [0.717, 1.165) is 12.1 Å². The molecular formula is C21H22N2O3. The van der Waals surface area contributed by atoms with Gasteiger partial charge in [-0.3, -0.25) is 9.59 Å². The van der Waals surface area contributed by atoms with Gasteiger partial charge in [-0.2, -0.15) is 0 Å². The first-order valence-electron chi connectivity index (χ1n) is 9.05. The van der Waals surface area contributed by atoms with Crippen molar-refractivity contribution in [2.75, 3.05) is 11.9 Å². The Kier molecular flexibility index (Phi) is 4.37. The van der Waals surface area contributed by atoms with Crippen LogP contribution in [0.3, 0.4) is 0 Å². The monoisotopic (exact) mass is 350 g/mol. The number of nitrogens with zero attached hydrogens (tertiary/aromatic N) is 1. The van der Waals surface area contributed by atoms with Gasteiger partial charge in [0, 0.05) is 29.9 Å². The number of carbonyl (C=O) groups excluding carboxylic acids is 2. The summed E-state index contributed by atoms with van der Waals surface area (Å²) in [4.78, 5) is 26.8. The summed E-state index contributed by atoms with van der Waals surface area (Å²) in [5.41, 5.74) is 2.24. The lowest BCUT2D eigenvalue weighted by atomic mass is 10.1. The van der Waals surface area contributed by atoms with E-state index in [9.17, 15) is 9.59 Å². The van der Waals surface area contributed by atoms with E-state index in [1.54, 1.807) is 19.1 Å². The second kappa shape index (κ2) is 6.83. The van der Waals surface area contributed by atoms with Gasteiger partial charge in [0.25, 0.3) is 11.8 Å². The molecular weight excluding hydrogens is 328 g/mol. The van der Waals surface area contributed by atoms with Crippen LogP contribution in [0, 0.1) is 5.92 Å². The SMILES string of the molecule is C[C@@H]1Oc2ccc(NC(=O)c3ccccc3)cc2CN(CC2CC2)C1=O. The number of benzene rings is 2. The lowest BCUT2D eigenvalue weighted by Gasteiger charge is -2.22. The molecule has 0 bridgehead atoms. The molecule has 0 saturated heterocycles. The lowest BCUT2D eigenvalue weighted by Crippen LogP contribution is -2.39. The van der Waals surface area contributed by atoms with E-state index < -0.39 is 6.10 Å². The quantitative estimate of drug-likeness (QED) is 0.919. The molecule has 1 heterocycles. The van der Waals surface area contributed by atoms with Crippen molar-refractivity contribution in [2.45, 2.75) is 32.4 Å². The number of ether oxygens (including phenoxy) is 1. The molecule has 5 nitrogen and oxygen atoms in total. The number of hydrogen-bond donors (Lipinski definition) is 1. The summed E-state index contributed by atoms with van der Waals surface area (Å²) < 4.78 is 5.84. The molecule has 1 saturated carbocycles. The minimum atomic E-state index is -0.486. The summed E-state index contributed by atoms with van der Waals surface area (Å²) in [6, 6.07) is 14.7. The third-order valence-corrected chi connectivity index (χ3v) is 4.85. The summed E-state index contributed by atoms with van der Waals surface area (Å²) in [5.74, 6) is 1.21. The molecule has 2 aromatic carbocycles. The first-order valence-corrected chi connectivity index (χ1v) is 9.05. The first kappa shape index (κ1) is 16.6. The van der Waals surface area contributed by atoms with Gasteiger partial charge in [-0.05, 0) is 56.0 Å². The average Bonchev–Trinajstić information content (AvgIpc) is 3.47. The van der Waals surface area contributed by atoms with E-state index in [1.807, 2.05) is 41.3 Å². The lowest BCUT2D eigenvalue weighted by molar-refractivity contribution is -0.137. The first-order chi connectivity index (χ1) is 12.6. The summed E-state index contributed by atoms with van der Waals surface area (Å²) in [5, 5.41) is 2.92. The van der Waals surface area contributed by atoms with Crippen LogP contribution in [0.4, 0.5) is 5.69 Å². The van der Waals surface area contributed by atoms with Crippen molar-refractivity contribution < 1.29 is 14.3 Å². The van der Waals surface area contributed by atoms with Gasteiger partial charge < -0.3 is 15.0 Å². The van der Waals surface area contributed by atoms with Crippen molar-refractivity contribution in [1.82, 2.24) is 4.90 Å². The fourth-order valence-electron chi connectivity index (χ4n) is 3.24. The molecule has 1 N–H and O–H groups in total. The second-order valence-electron chi connectivity index (χ2n) is 7.06. The highest BCUT2D eigenvalue weighted by Gasteiger charge is 2.32. The molecule has 1 aliphatic carbocycles. The minimum absolute atomic E-state index is 0.0305. The molecule has 1 atom stereocenters. The summed E-state index contributed by atoms with van der Waals surface area (Å²) in [7, 11) is 0. The van der Waals surface area contributed by atoms with Gasteiger partial charge in [0.1, 0.15) is 5.75 Å². The average molecular weight is 350 g/mol. The van der Waals surface area contributed by atoms with Crippen LogP contribution in [0.25, 0.3) is 0 Å². The van der Waals surface area contributed by atoms with Crippen molar-refractivity contribution in [2.24, 2.45) is 5.92 Å². The molecule has 4 rings (SSSR count). The maximum Gasteiger partial charge on any atom is 0.263 e. The highest BCUT2D eigenvalue weighted by atomic mass is 16.5. The Hall–Kier alpha value is -2.82. The zero-order valence-electron chi connectivity index (χ0n) is 14.8. The van der Waals surface area contributed by atoms with Crippen LogP contribution in [0.2, 0.25) is 0 Å². The third kappa shape index (κ3) is 3.57. The van der Waals surface area contributed by atoms with E-state index in [2.05, 4.69) is 5.32 Å². The van der Waals surface area contributed by atoms with E-state index in [1.165, 1.54) is 12.8 Å². The fourth-order valence-corrected chi connectivity index (χ4v) is 3.24. The minimum Gasteiger partial charge on any atom is -0.481 e. The number of hydrogen-bond acceptors (Lipinski definition) is 3. The Balaban J connectivity index is 1.55. The molecule has 2 amide bonds. The molecule has 1 aliphatic heterocycles. The van der Waals surface area contributed by atoms with E-state index in [-0.39, 0.29) is 11.8 Å². The Bertz CT molecular complexity index is 830. The van der Waals surface area contributed by atoms with Gasteiger partial charge in [0.15, 0.2) is 6.10 Å². The molecule has 2 aliphatic rings. The van der Waals surface area contributed by atoms with Gasteiger partial charge in [-0.1, -0.05) is 18.2 Å². The van der Waals surface area contributed by atoms with Crippen molar-refractivity contribution >= 4 is 17.5 Å². The van der Waals surface area contributed by atoms with Crippen LogP contribution in [0.15, 0.2) is 48.5 Å². The molecule has 134 valence electrons. The molecule has 0 radical (unpaired) electrons. The summed E-state index contributed by atoms with van der Waals surface area (Å²) in [6.07, 6.45) is 1.90. The van der Waals surface area contributed by atoms with Crippen molar-refractivity contribution in [1.29, 1.82) is 0 Å². The van der Waals surface area contributed by atoms with Crippen LogP contribution < -0.4 is 10.1 Å². The van der Waals surface area contributed by atoms with Crippen molar-refractivity contribution in [3.63, 3.8) is 0 Å². The Morgan fingerprint density at radius 1 is 1.19 bits per heavy atom. The smallest absolute Gasteiger partial charge is 0.263 e. The molecule has 26 heavy (non-hydrogen) atoms. The Morgan fingerprint density at radius 3 is 2.69 bits per heavy atom. The number of rotatable bonds is 4. The van der Waals surface area contributed by atoms with Gasteiger partial charge in [-0.15, -0.1) is 0 Å². The molecule has 5 heteroatoms. The van der Waals surface area contributed by atoms with Crippen LogP contribution in [0.1, 0.15) is 35.7 Å². The number of nitrogens with one attached hydrogen (secondary N) is 1. The Morgan fingerprint density at radius 2 is 1.96 bits per heavy atom. The molecule has 0 unspecified atom stereocenters. The molecule has 0 spiro atoms.